The minimum atomic E-state index is -0.705. The molecular formula is C19H22N2O3S. The molecule has 5 nitrogen and oxygen atoms in total. The van der Waals surface area contributed by atoms with Crippen molar-refractivity contribution in [2.24, 2.45) is 5.92 Å². The molecule has 0 bridgehead atoms. The van der Waals surface area contributed by atoms with Crippen LogP contribution in [0.2, 0.25) is 0 Å². The molecule has 2 aromatic heterocycles. The van der Waals surface area contributed by atoms with E-state index in [0.29, 0.717) is 18.5 Å². The van der Waals surface area contributed by atoms with Crippen molar-refractivity contribution in [3.8, 4) is 0 Å². The predicted molar refractivity (Wildman–Crippen MR) is 94.4 cm³/mol. The smallest absolute Gasteiger partial charge is 0.320 e. The third-order valence-corrected chi connectivity index (χ3v) is 6.20. The van der Waals surface area contributed by atoms with E-state index in [1.54, 1.807) is 6.20 Å². The highest BCUT2D eigenvalue weighted by atomic mass is 32.2. The molecule has 0 amide bonds. The maximum atomic E-state index is 11.7. The minimum Gasteiger partial charge on any atom is -0.480 e. The largest absolute Gasteiger partial charge is 0.480 e. The average molecular weight is 358 g/mol. The molecule has 2 aromatic rings. The molecule has 0 radical (unpaired) electrons. The Morgan fingerprint density at radius 3 is 2.96 bits per heavy atom. The molecule has 1 aliphatic carbocycles. The molecule has 1 saturated carbocycles. The van der Waals surface area contributed by atoms with Gasteiger partial charge in [-0.25, -0.2) is 4.98 Å². The standard InChI is InChI=1S/C19H22N2O3S/c22-19(23)16-11-13-5-1-2-6-15(13)21(16)12-14-8-9-18(24-14)25-17-7-3-4-10-20-17/h3-4,7-10,13,15-16H,1-2,5-6,11-12H2,(H,22,23). The van der Waals surface area contributed by atoms with Crippen molar-refractivity contribution in [1.82, 2.24) is 9.88 Å². The number of aliphatic carboxylic acids is 1. The molecule has 2 aliphatic rings. The summed E-state index contributed by atoms with van der Waals surface area (Å²) in [5.74, 6) is 0.645. The summed E-state index contributed by atoms with van der Waals surface area (Å²) in [5.41, 5.74) is 0. The van der Waals surface area contributed by atoms with Crippen molar-refractivity contribution < 1.29 is 14.3 Å². The monoisotopic (exact) mass is 358 g/mol. The van der Waals surface area contributed by atoms with Gasteiger partial charge in [0.25, 0.3) is 0 Å². The zero-order valence-electron chi connectivity index (χ0n) is 14.0. The lowest BCUT2D eigenvalue weighted by atomic mass is 9.85. The second-order valence-electron chi connectivity index (χ2n) is 6.86. The third kappa shape index (κ3) is 3.60. The summed E-state index contributed by atoms with van der Waals surface area (Å²) in [4.78, 5) is 18.2. The molecule has 3 unspecified atom stereocenters. The molecule has 3 atom stereocenters. The Bertz CT molecular complexity index is 733. The molecule has 1 N–H and O–H groups in total. The molecule has 2 fully saturated rings. The van der Waals surface area contributed by atoms with Crippen LogP contribution in [0.3, 0.4) is 0 Å². The number of aromatic nitrogens is 1. The second kappa shape index (κ2) is 7.22. The van der Waals surface area contributed by atoms with Crippen molar-refractivity contribution >= 4 is 17.7 Å². The Balaban J connectivity index is 1.48. The van der Waals surface area contributed by atoms with Gasteiger partial charge in [-0.3, -0.25) is 9.69 Å². The number of nitrogens with zero attached hydrogens (tertiary/aromatic N) is 2. The number of fused-ring (bicyclic) bond motifs is 1. The second-order valence-corrected chi connectivity index (χ2v) is 7.89. The molecule has 0 aromatic carbocycles. The average Bonchev–Trinajstić information content (AvgIpc) is 3.21. The maximum absolute atomic E-state index is 11.7. The van der Waals surface area contributed by atoms with E-state index in [0.717, 1.165) is 35.1 Å². The minimum absolute atomic E-state index is 0.381. The number of likely N-dealkylation sites (tertiary alicyclic amines) is 1. The molecule has 0 spiro atoms. The van der Waals surface area contributed by atoms with Gasteiger partial charge in [-0.1, -0.05) is 18.9 Å². The zero-order valence-corrected chi connectivity index (χ0v) is 14.8. The van der Waals surface area contributed by atoms with Crippen molar-refractivity contribution in [3.05, 3.63) is 42.3 Å². The molecule has 6 heteroatoms. The Hall–Kier alpha value is -1.79. The fraction of sp³-hybridized carbons (Fsp3) is 0.474. The van der Waals surface area contributed by atoms with Gasteiger partial charge >= 0.3 is 5.97 Å². The van der Waals surface area contributed by atoms with Crippen LogP contribution in [0.1, 0.15) is 37.9 Å². The highest BCUT2D eigenvalue weighted by Crippen LogP contribution is 2.41. The van der Waals surface area contributed by atoms with E-state index in [9.17, 15) is 9.90 Å². The number of furan rings is 1. The highest BCUT2D eigenvalue weighted by molar-refractivity contribution is 7.99. The summed E-state index contributed by atoms with van der Waals surface area (Å²) in [6.45, 7) is 0.570. The summed E-state index contributed by atoms with van der Waals surface area (Å²) in [6.07, 6.45) is 7.22. The van der Waals surface area contributed by atoms with Crippen molar-refractivity contribution in [2.45, 2.75) is 60.9 Å². The first kappa shape index (κ1) is 16.7. The van der Waals surface area contributed by atoms with Crippen LogP contribution in [0.15, 0.2) is 51.1 Å². The fourth-order valence-corrected chi connectivity index (χ4v) is 4.96. The first-order chi connectivity index (χ1) is 12.2. The van der Waals surface area contributed by atoms with Crippen LogP contribution in [0, 0.1) is 5.92 Å². The first-order valence-corrected chi connectivity index (χ1v) is 9.68. The van der Waals surface area contributed by atoms with Crippen LogP contribution in [0.5, 0.6) is 0 Å². The van der Waals surface area contributed by atoms with Crippen LogP contribution in [0.25, 0.3) is 0 Å². The van der Waals surface area contributed by atoms with Crippen molar-refractivity contribution in [1.29, 1.82) is 0 Å². The quantitative estimate of drug-likeness (QED) is 0.870. The topological polar surface area (TPSA) is 66.6 Å². The molecule has 132 valence electrons. The number of carbonyl (C=O) groups is 1. The van der Waals surface area contributed by atoms with Gasteiger partial charge in [-0.05, 0) is 61.2 Å². The van der Waals surface area contributed by atoms with E-state index in [2.05, 4.69) is 9.88 Å². The Labute approximate surface area is 151 Å². The fourth-order valence-electron chi connectivity index (χ4n) is 4.21. The van der Waals surface area contributed by atoms with Crippen LogP contribution < -0.4 is 0 Å². The molecular weight excluding hydrogens is 336 g/mol. The summed E-state index contributed by atoms with van der Waals surface area (Å²) >= 11 is 1.48. The normalized spacial score (nSPS) is 26.5. The molecule has 1 saturated heterocycles. The lowest BCUT2D eigenvalue weighted by Gasteiger charge is -2.32. The van der Waals surface area contributed by atoms with E-state index in [1.807, 2.05) is 30.3 Å². The highest BCUT2D eigenvalue weighted by Gasteiger charge is 2.45. The van der Waals surface area contributed by atoms with Crippen LogP contribution in [0.4, 0.5) is 0 Å². The Morgan fingerprint density at radius 1 is 1.28 bits per heavy atom. The van der Waals surface area contributed by atoms with E-state index in [4.69, 9.17) is 4.42 Å². The van der Waals surface area contributed by atoms with Gasteiger partial charge in [0.05, 0.1) is 6.54 Å². The molecule has 3 heterocycles. The molecule has 1 aliphatic heterocycles. The Kier molecular flexibility index (Phi) is 4.81. The summed E-state index contributed by atoms with van der Waals surface area (Å²) in [5, 5.41) is 11.3. The number of carboxylic acids is 1. The number of pyridine rings is 1. The number of hydrogen-bond donors (Lipinski definition) is 1. The van der Waals surface area contributed by atoms with E-state index < -0.39 is 5.97 Å². The number of rotatable bonds is 5. The van der Waals surface area contributed by atoms with Gasteiger partial charge in [0.1, 0.15) is 16.8 Å². The van der Waals surface area contributed by atoms with Gasteiger partial charge in [0, 0.05) is 12.2 Å². The summed E-state index contributed by atoms with van der Waals surface area (Å²) in [6, 6.07) is 9.68. The Morgan fingerprint density at radius 2 is 2.16 bits per heavy atom. The summed E-state index contributed by atoms with van der Waals surface area (Å²) in [7, 11) is 0. The van der Waals surface area contributed by atoms with E-state index in [1.165, 1.54) is 24.6 Å². The number of carboxylic acid groups (broad SMARTS) is 1. The maximum Gasteiger partial charge on any atom is 0.320 e. The predicted octanol–water partition coefficient (Wildman–Crippen LogP) is 4.04. The van der Waals surface area contributed by atoms with Crippen LogP contribution in [-0.4, -0.2) is 33.0 Å². The van der Waals surface area contributed by atoms with Crippen molar-refractivity contribution in [2.75, 3.05) is 0 Å². The van der Waals surface area contributed by atoms with Crippen molar-refractivity contribution in [3.63, 3.8) is 0 Å². The first-order valence-electron chi connectivity index (χ1n) is 8.87. The van der Waals surface area contributed by atoms with Gasteiger partial charge in [-0.2, -0.15) is 0 Å². The van der Waals surface area contributed by atoms with Crippen LogP contribution in [-0.2, 0) is 11.3 Å². The van der Waals surface area contributed by atoms with E-state index >= 15 is 0 Å². The molecule has 25 heavy (non-hydrogen) atoms. The van der Waals surface area contributed by atoms with Gasteiger partial charge < -0.3 is 9.52 Å². The summed E-state index contributed by atoms with van der Waals surface area (Å²) < 4.78 is 5.95. The molecule has 4 rings (SSSR count). The van der Waals surface area contributed by atoms with Gasteiger partial charge in [0.15, 0.2) is 5.09 Å². The van der Waals surface area contributed by atoms with Crippen LogP contribution >= 0.6 is 11.8 Å². The lowest BCUT2D eigenvalue weighted by Crippen LogP contribution is -2.41. The van der Waals surface area contributed by atoms with Gasteiger partial charge in [-0.15, -0.1) is 0 Å². The third-order valence-electron chi connectivity index (χ3n) is 5.32. The SMILES string of the molecule is O=C(O)C1CC2CCCCC2N1Cc1ccc(Sc2ccccn2)o1. The van der Waals surface area contributed by atoms with E-state index in [-0.39, 0.29) is 6.04 Å². The zero-order chi connectivity index (χ0) is 17.2. The number of hydrogen-bond acceptors (Lipinski definition) is 5. The van der Waals surface area contributed by atoms with Gasteiger partial charge in [0.2, 0.25) is 0 Å². The lowest BCUT2D eigenvalue weighted by molar-refractivity contribution is -0.143.